The first-order valence-electron chi connectivity index (χ1n) is 5.47. The van der Waals surface area contributed by atoms with E-state index in [2.05, 4.69) is 9.97 Å². The molecule has 0 atom stereocenters. The third-order valence-corrected chi connectivity index (χ3v) is 2.39. The highest BCUT2D eigenvalue weighted by Crippen LogP contribution is 2.18. The van der Waals surface area contributed by atoms with Crippen LogP contribution in [0.3, 0.4) is 0 Å². The summed E-state index contributed by atoms with van der Waals surface area (Å²) in [6.07, 6.45) is 0.668. The predicted molar refractivity (Wildman–Crippen MR) is 67.5 cm³/mol. The Kier molecular flexibility index (Phi) is 3.67. The zero-order chi connectivity index (χ0) is 12.1. The van der Waals surface area contributed by atoms with Crippen LogP contribution in [0, 0.1) is 0 Å². The summed E-state index contributed by atoms with van der Waals surface area (Å²) in [5, 5.41) is 0. The molecule has 0 radical (unpaired) electrons. The van der Waals surface area contributed by atoms with E-state index in [1.165, 1.54) is 0 Å². The molecular formula is C13H15N3O. The van der Waals surface area contributed by atoms with E-state index in [9.17, 15) is 0 Å². The van der Waals surface area contributed by atoms with Crippen molar-refractivity contribution < 1.29 is 4.74 Å². The zero-order valence-electron chi connectivity index (χ0n) is 9.76. The van der Waals surface area contributed by atoms with Gasteiger partial charge in [0.1, 0.15) is 11.6 Å². The van der Waals surface area contributed by atoms with Crippen molar-refractivity contribution in [2.75, 3.05) is 19.5 Å². The molecule has 2 aromatic rings. The Morgan fingerprint density at radius 2 is 1.94 bits per heavy atom. The molecule has 2 rings (SSSR count). The number of rotatable bonds is 4. The van der Waals surface area contributed by atoms with E-state index in [0.717, 1.165) is 11.3 Å². The number of benzene rings is 1. The number of nitrogens with zero attached hydrogens (tertiary/aromatic N) is 2. The smallest absolute Gasteiger partial charge is 0.133 e. The molecule has 0 aliphatic heterocycles. The van der Waals surface area contributed by atoms with Crippen LogP contribution in [0.25, 0.3) is 11.3 Å². The van der Waals surface area contributed by atoms with Gasteiger partial charge in [0, 0.05) is 25.2 Å². The normalized spacial score (nSPS) is 10.4. The van der Waals surface area contributed by atoms with Gasteiger partial charge in [0.15, 0.2) is 0 Å². The quantitative estimate of drug-likeness (QED) is 0.870. The maximum absolute atomic E-state index is 5.78. The highest BCUT2D eigenvalue weighted by atomic mass is 16.5. The third kappa shape index (κ3) is 3.01. The number of anilines is 1. The van der Waals surface area contributed by atoms with Gasteiger partial charge >= 0.3 is 0 Å². The lowest BCUT2D eigenvalue weighted by molar-refractivity contribution is 0.200. The van der Waals surface area contributed by atoms with Gasteiger partial charge in [-0.05, 0) is 0 Å². The second-order valence-corrected chi connectivity index (χ2v) is 3.70. The number of ether oxygens (including phenoxy) is 1. The number of hydrogen-bond donors (Lipinski definition) is 1. The summed E-state index contributed by atoms with van der Waals surface area (Å²) in [6, 6.07) is 11.7. The van der Waals surface area contributed by atoms with Crippen LogP contribution in [0.1, 0.15) is 5.82 Å². The fourth-order valence-electron chi connectivity index (χ4n) is 1.58. The molecule has 0 spiro atoms. The van der Waals surface area contributed by atoms with E-state index in [1.54, 1.807) is 13.2 Å². The van der Waals surface area contributed by atoms with Crippen molar-refractivity contribution in [3.05, 3.63) is 42.2 Å². The fraction of sp³-hybridized carbons (Fsp3) is 0.231. The SMILES string of the molecule is COCCc1nc(N)cc(-c2ccccc2)n1. The number of methoxy groups -OCH3 is 1. The Hall–Kier alpha value is -1.94. The van der Waals surface area contributed by atoms with Gasteiger partial charge in [0.05, 0.1) is 12.3 Å². The minimum Gasteiger partial charge on any atom is -0.384 e. The molecule has 0 saturated carbocycles. The van der Waals surface area contributed by atoms with Gasteiger partial charge in [-0.15, -0.1) is 0 Å². The largest absolute Gasteiger partial charge is 0.384 e. The van der Waals surface area contributed by atoms with E-state index in [4.69, 9.17) is 10.5 Å². The van der Waals surface area contributed by atoms with Crippen LogP contribution in [0.4, 0.5) is 5.82 Å². The van der Waals surface area contributed by atoms with E-state index < -0.39 is 0 Å². The van der Waals surface area contributed by atoms with Crippen molar-refractivity contribution in [3.8, 4) is 11.3 Å². The lowest BCUT2D eigenvalue weighted by Gasteiger charge is -2.05. The summed E-state index contributed by atoms with van der Waals surface area (Å²) in [5.41, 5.74) is 7.67. The van der Waals surface area contributed by atoms with Gasteiger partial charge in [0.2, 0.25) is 0 Å². The molecule has 88 valence electrons. The summed E-state index contributed by atoms with van der Waals surface area (Å²) in [6.45, 7) is 0.595. The van der Waals surface area contributed by atoms with Crippen molar-refractivity contribution in [1.29, 1.82) is 0 Å². The van der Waals surface area contributed by atoms with Crippen LogP contribution >= 0.6 is 0 Å². The van der Waals surface area contributed by atoms with E-state index in [-0.39, 0.29) is 0 Å². The summed E-state index contributed by atoms with van der Waals surface area (Å²) < 4.78 is 5.01. The molecule has 4 nitrogen and oxygen atoms in total. The van der Waals surface area contributed by atoms with Gasteiger partial charge in [0.25, 0.3) is 0 Å². The van der Waals surface area contributed by atoms with Gasteiger partial charge in [-0.25, -0.2) is 9.97 Å². The van der Waals surface area contributed by atoms with Crippen LogP contribution < -0.4 is 5.73 Å². The van der Waals surface area contributed by atoms with E-state index in [1.807, 2.05) is 30.3 Å². The number of aromatic nitrogens is 2. The zero-order valence-corrected chi connectivity index (χ0v) is 9.76. The highest BCUT2D eigenvalue weighted by molar-refractivity contribution is 5.61. The first-order valence-corrected chi connectivity index (χ1v) is 5.47. The Labute approximate surface area is 100 Å². The molecule has 0 aliphatic carbocycles. The van der Waals surface area contributed by atoms with E-state index >= 15 is 0 Å². The van der Waals surface area contributed by atoms with Crippen molar-refractivity contribution in [3.63, 3.8) is 0 Å². The number of hydrogen-bond acceptors (Lipinski definition) is 4. The molecule has 4 heteroatoms. The monoisotopic (exact) mass is 229 g/mol. The van der Waals surface area contributed by atoms with Crippen molar-refractivity contribution in [2.45, 2.75) is 6.42 Å². The lowest BCUT2D eigenvalue weighted by Crippen LogP contribution is -2.04. The van der Waals surface area contributed by atoms with Gasteiger partial charge < -0.3 is 10.5 Å². The molecule has 1 aromatic carbocycles. The molecule has 0 unspecified atom stereocenters. The second kappa shape index (κ2) is 5.41. The van der Waals surface area contributed by atoms with Crippen molar-refractivity contribution in [1.82, 2.24) is 9.97 Å². The van der Waals surface area contributed by atoms with Crippen LogP contribution in [-0.2, 0) is 11.2 Å². The summed E-state index contributed by atoms with van der Waals surface area (Å²) >= 11 is 0. The summed E-state index contributed by atoms with van der Waals surface area (Å²) in [5.74, 6) is 1.20. The minimum atomic E-state index is 0.491. The Balaban J connectivity index is 2.32. The van der Waals surface area contributed by atoms with Crippen LogP contribution in [-0.4, -0.2) is 23.7 Å². The van der Waals surface area contributed by atoms with Gasteiger partial charge in [-0.1, -0.05) is 30.3 Å². The topological polar surface area (TPSA) is 61.0 Å². The molecule has 0 fully saturated rings. The first-order chi connectivity index (χ1) is 8.29. The molecule has 1 heterocycles. The fourth-order valence-corrected chi connectivity index (χ4v) is 1.58. The van der Waals surface area contributed by atoms with E-state index in [0.29, 0.717) is 24.7 Å². The third-order valence-electron chi connectivity index (χ3n) is 2.39. The van der Waals surface area contributed by atoms with Crippen molar-refractivity contribution in [2.24, 2.45) is 0 Å². The second-order valence-electron chi connectivity index (χ2n) is 3.70. The Morgan fingerprint density at radius 1 is 1.18 bits per heavy atom. The highest BCUT2D eigenvalue weighted by Gasteiger charge is 2.04. The number of nitrogens with two attached hydrogens (primary N) is 1. The molecule has 0 aliphatic rings. The first kappa shape index (κ1) is 11.5. The number of nitrogen functional groups attached to an aromatic ring is 1. The standard InChI is InChI=1S/C13H15N3O/c1-17-8-7-13-15-11(9-12(14)16-13)10-5-3-2-4-6-10/h2-6,9H,7-8H2,1H3,(H2,14,15,16). The molecule has 0 bridgehead atoms. The molecule has 0 saturated heterocycles. The minimum absolute atomic E-state index is 0.491. The molecule has 1 aromatic heterocycles. The van der Waals surface area contributed by atoms with Crippen molar-refractivity contribution >= 4 is 5.82 Å². The van der Waals surface area contributed by atoms with Gasteiger partial charge in [-0.3, -0.25) is 0 Å². The van der Waals surface area contributed by atoms with Crippen LogP contribution in [0.15, 0.2) is 36.4 Å². The predicted octanol–water partition coefficient (Wildman–Crippen LogP) is 1.91. The Bertz CT molecular complexity index is 485. The molecular weight excluding hydrogens is 214 g/mol. The Morgan fingerprint density at radius 3 is 2.65 bits per heavy atom. The van der Waals surface area contributed by atoms with Gasteiger partial charge in [-0.2, -0.15) is 0 Å². The molecule has 17 heavy (non-hydrogen) atoms. The van der Waals surface area contributed by atoms with Crippen LogP contribution in [0.5, 0.6) is 0 Å². The molecule has 0 amide bonds. The summed E-state index contributed by atoms with van der Waals surface area (Å²) in [7, 11) is 1.66. The maximum atomic E-state index is 5.78. The average molecular weight is 229 g/mol. The molecule has 2 N–H and O–H groups in total. The lowest BCUT2D eigenvalue weighted by atomic mass is 10.1. The maximum Gasteiger partial charge on any atom is 0.133 e. The average Bonchev–Trinajstić information content (AvgIpc) is 2.37. The summed E-state index contributed by atoms with van der Waals surface area (Å²) in [4.78, 5) is 8.65. The van der Waals surface area contributed by atoms with Crippen LogP contribution in [0.2, 0.25) is 0 Å².